The molecular formula is C18H28N2O. The lowest BCUT2D eigenvalue weighted by Crippen LogP contribution is -2.40. The third-order valence-electron chi connectivity index (χ3n) is 4.82. The number of likely N-dealkylation sites (tertiary alicyclic amines) is 1. The fourth-order valence-electron chi connectivity index (χ4n) is 3.18. The summed E-state index contributed by atoms with van der Waals surface area (Å²) in [5.74, 6) is 1.04. The van der Waals surface area contributed by atoms with Crippen molar-refractivity contribution < 1.29 is 4.74 Å². The molecule has 1 saturated carbocycles. The van der Waals surface area contributed by atoms with Crippen molar-refractivity contribution in [3.05, 3.63) is 29.8 Å². The third kappa shape index (κ3) is 3.98. The average Bonchev–Trinajstić information content (AvgIpc) is 3.23. The molecule has 1 N–H and O–H groups in total. The zero-order valence-corrected chi connectivity index (χ0v) is 13.4. The summed E-state index contributed by atoms with van der Waals surface area (Å²) >= 11 is 0. The van der Waals surface area contributed by atoms with Crippen LogP contribution in [0.5, 0.6) is 5.75 Å². The molecule has 1 aromatic rings. The highest BCUT2D eigenvalue weighted by Crippen LogP contribution is 2.28. The van der Waals surface area contributed by atoms with Gasteiger partial charge in [-0.1, -0.05) is 18.2 Å². The minimum atomic E-state index is 0.344. The molecule has 2 fully saturated rings. The van der Waals surface area contributed by atoms with Gasteiger partial charge >= 0.3 is 0 Å². The molecule has 0 bridgehead atoms. The minimum Gasteiger partial charge on any atom is -0.492 e. The Hall–Kier alpha value is -1.06. The molecule has 1 aliphatic carbocycles. The molecule has 2 aliphatic rings. The van der Waals surface area contributed by atoms with Gasteiger partial charge in [-0.3, -0.25) is 4.90 Å². The summed E-state index contributed by atoms with van der Waals surface area (Å²) in [7, 11) is 0. The van der Waals surface area contributed by atoms with E-state index >= 15 is 0 Å². The number of rotatable bonds is 7. The van der Waals surface area contributed by atoms with Crippen molar-refractivity contribution in [2.45, 2.75) is 57.7 Å². The van der Waals surface area contributed by atoms with Crippen LogP contribution >= 0.6 is 0 Å². The largest absolute Gasteiger partial charge is 0.492 e. The number of nitrogens with one attached hydrogen (secondary N) is 1. The highest BCUT2D eigenvalue weighted by Gasteiger charge is 2.31. The predicted octanol–water partition coefficient (Wildman–Crippen LogP) is 3.19. The van der Waals surface area contributed by atoms with Crippen molar-refractivity contribution >= 4 is 0 Å². The molecule has 3 nitrogen and oxygen atoms in total. The third-order valence-corrected chi connectivity index (χ3v) is 4.82. The topological polar surface area (TPSA) is 24.5 Å². The quantitative estimate of drug-likeness (QED) is 0.834. The van der Waals surface area contributed by atoms with Gasteiger partial charge in [-0.2, -0.15) is 0 Å². The lowest BCUT2D eigenvalue weighted by Gasteiger charge is -2.31. The van der Waals surface area contributed by atoms with Crippen molar-refractivity contribution in [1.82, 2.24) is 10.2 Å². The van der Waals surface area contributed by atoms with E-state index in [1.165, 1.54) is 37.8 Å². The molecule has 0 unspecified atom stereocenters. The van der Waals surface area contributed by atoms with Crippen LogP contribution in [0, 0.1) is 0 Å². The van der Waals surface area contributed by atoms with Gasteiger partial charge in [0.1, 0.15) is 12.4 Å². The number of nitrogens with zero attached hydrogens (tertiary/aromatic N) is 1. The van der Waals surface area contributed by atoms with Gasteiger partial charge in [0.15, 0.2) is 0 Å². The Labute approximate surface area is 128 Å². The molecule has 3 rings (SSSR count). The van der Waals surface area contributed by atoms with Gasteiger partial charge < -0.3 is 10.1 Å². The van der Waals surface area contributed by atoms with E-state index in [0.717, 1.165) is 31.5 Å². The van der Waals surface area contributed by atoms with E-state index in [4.69, 9.17) is 4.74 Å². The summed E-state index contributed by atoms with van der Waals surface area (Å²) in [6.45, 7) is 8.62. The van der Waals surface area contributed by atoms with Crippen LogP contribution in [0.15, 0.2) is 24.3 Å². The van der Waals surface area contributed by atoms with Crippen molar-refractivity contribution in [3.8, 4) is 5.75 Å². The van der Waals surface area contributed by atoms with Crippen LogP contribution in [0.25, 0.3) is 0 Å². The highest BCUT2D eigenvalue weighted by molar-refractivity contribution is 5.33. The highest BCUT2D eigenvalue weighted by atomic mass is 16.5. The summed E-state index contributed by atoms with van der Waals surface area (Å²) < 4.78 is 6.06. The van der Waals surface area contributed by atoms with E-state index in [9.17, 15) is 0 Å². The summed E-state index contributed by atoms with van der Waals surface area (Å²) in [6, 6.07) is 9.17. The Kier molecular flexibility index (Phi) is 4.51. The fourth-order valence-corrected chi connectivity index (χ4v) is 3.18. The molecule has 1 saturated heterocycles. The van der Waals surface area contributed by atoms with Gasteiger partial charge in [-0.25, -0.2) is 0 Å². The first kappa shape index (κ1) is 14.9. The second-order valence-corrected chi connectivity index (χ2v) is 7.01. The zero-order valence-electron chi connectivity index (χ0n) is 13.4. The summed E-state index contributed by atoms with van der Waals surface area (Å²) in [5, 5.41) is 3.57. The van der Waals surface area contributed by atoms with Crippen LogP contribution in [-0.4, -0.2) is 36.2 Å². The number of hydrogen-bond acceptors (Lipinski definition) is 3. The maximum absolute atomic E-state index is 6.06. The molecule has 21 heavy (non-hydrogen) atoms. The molecule has 116 valence electrons. The van der Waals surface area contributed by atoms with Crippen LogP contribution in [-0.2, 0) is 6.54 Å². The molecular weight excluding hydrogens is 260 g/mol. The van der Waals surface area contributed by atoms with Gasteiger partial charge in [-0.05, 0) is 52.1 Å². The van der Waals surface area contributed by atoms with Crippen molar-refractivity contribution in [2.75, 3.05) is 19.7 Å². The van der Waals surface area contributed by atoms with Crippen molar-refractivity contribution in [1.29, 1.82) is 0 Å². The van der Waals surface area contributed by atoms with E-state index in [1.54, 1.807) is 0 Å². The normalized spacial score (nSPS) is 21.6. The Bertz CT molecular complexity index is 468. The van der Waals surface area contributed by atoms with Crippen LogP contribution < -0.4 is 10.1 Å². The van der Waals surface area contributed by atoms with E-state index < -0.39 is 0 Å². The molecule has 1 aromatic carbocycles. The Balaban J connectivity index is 1.50. The first-order valence-electron chi connectivity index (χ1n) is 8.34. The first-order chi connectivity index (χ1) is 10.1. The van der Waals surface area contributed by atoms with E-state index in [-0.39, 0.29) is 0 Å². The monoisotopic (exact) mass is 288 g/mol. The maximum Gasteiger partial charge on any atom is 0.123 e. The van der Waals surface area contributed by atoms with Crippen molar-refractivity contribution in [2.24, 2.45) is 0 Å². The van der Waals surface area contributed by atoms with Gasteiger partial charge in [0.25, 0.3) is 0 Å². The second-order valence-electron chi connectivity index (χ2n) is 7.01. The lowest BCUT2D eigenvalue weighted by atomic mass is 10.0. The molecule has 0 amide bonds. The number of para-hydroxylation sites is 1. The molecule has 0 aromatic heterocycles. The SMILES string of the molecule is CC1(C)CCCN1CCOc1ccccc1CNC1CC1. The Morgan fingerprint density at radius 2 is 2.10 bits per heavy atom. The second kappa shape index (κ2) is 6.37. The zero-order chi connectivity index (χ0) is 14.7. The molecule has 1 heterocycles. The van der Waals surface area contributed by atoms with Crippen LogP contribution in [0.3, 0.4) is 0 Å². The number of hydrogen-bond donors (Lipinski definition) is 1. The van der Waals surface area contributed by atoms with E-state index in [1.807, 2.05) is 0 Å². The smallest absolute Gasteiger partial charge is 0.123 e. The lowest BCUT2D eigenvalue weighted by molar-refractivity contribution is 0.143. The average molecular weight is 288 g/mol. The summed E-state index contributed by atoms with van der Waals surface area (Å²) in [4.78, 5) is 2.55. The van der Waals surface area contributed by atoms with Gasteiger partial charge in [0, 0.05) is 30.2 Å². The first-order valence-corrected chi connectivity index (χ1v) is 8.34. The Morgan fingerprint density at radius 3 is 2.81 bits per heavy atom. The minimum absolute atomic E-state index is 0.344. The summed E-state index contributed by atoms with van der Waals surface area (Å²) in [6.07, 6.45) is 5.27. The van der Waals surface area contributed by atoms with Crippen LogP contribution in [0.1, 0.15) is 45.1 Å². The fraction of sp³-hybridized carbons (Fsp3) is 0.667. The van der Waals surface area contributed by atoms with Crippen LogP contribution in [0.2, 0.25) is 0 Å². The van der Waals surface area contributed by atoms with E-state index in [0.29, 0.717) is 5.54 Å². The predicted molar refractivity (Wildman–Crippen MR) is 86.7 cm³/mol. The Morgan fingerprint density at radius 1 is 1.29 bits per heavy atom. The maximum atomic E-state index is 6.06. The molecule has 0 atom stereocenters. The van der Waals surface area contributed by atoms with Gasteiger partial charge in [-0.15, -0.1) is 0 Å². The van der Waals surface area contributed by atoms with Gasteiger partial charge in [0.05, 0.1) is 0 Å². The molecule has 0 spiro atoms. The summed E-state index contributed by atoms with van der Waals surface area (Å²) in [5.41, 5.74) is 1.63. The number of benzene rings is 1. The molecule has 1 aliphatic heterocycles. The van der Waals surface area contributed by atoms with E-state index in [2.05, 4.69) is 48.3 Å². The molecule has 0 radical (unpaired) electrons. The number of ether oxygens (including phenoxy) is 1. The van der Waals surface area contributed by atoms with Crippen molar-refractivity contribution in [3.63, 3.8) is 0 Å². The standard InChI is InChI=1S/C18H28N2O/c1-18(2)10-5-11-20(18)12-13-21-17-7-4-3-6-15(17)14-19-16-8-9-16/h3-4,6-7,16,19H,5,8-14H2,1-2H3. The van der Waals surface area contributed by atoms with Crippen LogP contribution in [0.4, 0.5) is 0 Å². The van der Waals surface area contributed by atoms with Gasteiger partial charge in [0.2, 0.25) is 0 Å². The molecule has 3 heteroatoms.